The molecular formula is C14H15BrClN3O. The normalized spacial score (nSPS) is 10.4. The molecule has 0 radical (unpaired) electrons. The zero-order chi connectivity index (χ0) is 14.7. The number of benzene rings is 1. The van der Waals surface area contributed by atoms with Gasteiger partial charge in [0.2, 0.25) is 0 Å². The molecule has 2 aromatic rings. The molecule has 1 heterocycles. The molecule has 0 amide bonds. The standard InChI is InChI=1S/C14H15BrClN3O/c1-4-10-12(15)14(17-2)19-13(18-10)9-6-5-8(16)7-11(9)20-3/h5-7H,4H2,1-3H3,(H,17,18,19). The molecule has 1 N–H and O–H groups in total. The molecule has 0 unspecified atom stereocenters. The van der Waals surface area contributed by atoms with Crippen LogP contribution >= 0.6 is 27.5 Å². The van der Waals surface area contributed by atoms with Gasteiger partial charge in [-0.05, 0) is 40.5 Å². The van der Waals surface area contributed by atoms with Gasteiger partial charge in [0.25, 0.3) is 0 Å². The van der Waals surface area contributed by atoms with Gasteiger partial charge in [-0.15, -0.1) is 0 Å². The molecule has 0 bridgehead atoms. The van der Waals surface area contributed by atoms with E-state index in [1.807, 2.05) is 13.1 Å². The van der Waals surface area contributed by atoms with Crippen molar-refractivity contribution in [3.05, 3.63) is 33.4 Å². The molecule has 0 aliphatic heterocycles. The van der Waals surface area contributed by atoms with Crippen LogP contribution in [-0.4, -0.2) is 24.1 Å². The summed E-state index contributed by atoms with van der Waals surface area (Å²) in [6.45, 7) is 2.05. The minimum Gasteiger partial charge on any atom is -0.496 e. The van der Waals surface area contributed by atoms with E-state index in [0.717, 1.165) is 28.0 Å². The fourth-order valence-corrected chi connectivity index (χ4v) is 2.68. The number of nitrogens with one attached hydrogen (secondary N) is 1. The van der Waals surface area contributed by atoms with Crippen molar-refractivity contribution >= 4 is 33.3 Å². The van der Waals surface area contributed by atoms with E-state index in [1.165, 1.54) is 0 Å². The quantitative estimate of drug-likeness (QED) is 0.893. The molecule has 0 fully saturated rings. The molecule has 20 heavy (non-hydrogen) atoms. The largest absolute Gasteiger partial charge is 0.496 e. The van der Waals surface area contributed by atoms with Gasteiger partial charge in [0.05, 0.1) is 22.8 Å². The zero-order valence-electron chi connectivity index (χ0n) is 11.5. The molecule has 0 aliphatic rings. The minimum atomic E-state index is 0.614. The lowest BCUT2D eigenvalue weighted by molar-refractivity contribution is 0.416. The highest BCUT2D eigenvalue weighted by Crippen LogP contribution is 2.33. The Morgan fingerprint density at radius 3 is 2.70 bits per heavy atom. The molecule has 1 aromatic carbocycles. The fourth-order valence-electron chi connectivity index (χ4n) is 1.86. The summed E-state index contributed by atoms with van der Waals surface area (Å²) in [6.07, 6.45) is 0.806. The van der Waals surface area contributed by atoms with E-state index in [4.69, 9.17) is 16.3 Å². The summed E-state index contributed by atoms with van der Waals surface area (Å²) in [5.74, 6) is 2.02. The van der Waals surface area contributed by atoms with Crippen molar-refractivity contribution in [2.45, 2.75) is 13.3 Å². The Bertz CT molecular complexity index is 609. The summed E-state index contributed by atoms with van der Waals surface area (Å²) in [5, 5.41) is 3.68. The Morgan fingerprint density at radius 2 is 2.10 bits per heavy atom. The third-order valence-electron chi connectivity index (χ3n) is 2.90. The minimum absolute atomic E-state index is 0.614. The van der Waals surface area contributed by atoms with Crippen LogP contribution in [0.5, 0.6) is 5.75 Å². The van der Waals surface area contributed by atoms with Gasteiger partial charge >= 0.3 is 0 Å². The molecule has 0 aliphatic carbocycles. The van der Waals surface area contributed by atoms with E-state index in [-0.39, 0.29) is 0 Å². The van der Waals surface area contributed by atoms with Gasteiger partial charge < -0.3 is 10.1 Å². The predicted octanol–water partition coefficient (Wildman–Crippen LogP) is 4.17. The molecule has 2 rings (SSSR count). The number of hydrogen-bond acceptors (Lipinski definition) is 4. The number of ether oxygens (including phenoxy) is 1. The SMILES string of the molecule is CCc1nc(-c2ccc(Cl)cc2OC)nc(NC)c1Br. The number of methoxy groups -OCH3 is 1. The van der Waals surface area contributed by atoms with Crippen LogP contribution < -0.4 is 10.1 Å². The maximum Gasteiger partial charge on any atom is 0.165 e. The van der Waals surface area contributed by atoms with Gasteiger partial charge in [0, 0.05) is 12.1 Å². The van der Waals surface area contributed by atoms with Gasteiger partial charge in [0.15, 0.2) is 5.82 Å². The van der Waals surface area contributed by atoms with Crippen LogP contribution in [-0.2, 0) is 6.42 Å². The van der Waals surface area contributed by atoms with Crippen LogP contribution in [0.3, 0.4) is 0 Å². The summed E-state index contributed by atoms with van der Waals surface area (Å²) in [7, 11) is 3.43. The van der Waals surface area contributed by atoms with Crippen LogP contribution in [0.4, 0.5) is 5.82 Å². The first-order valence-corrected chi connectivity index (χ1v) is 7.35. The molecule has 4 nitrogen and oxygen atoms in total. The molecule has 0 atom stereocenters. The van der Waals surface area contributed by atoms with Gasteiger partial charge in [-0.1, -0.05) is 18.5 Å². The van der Waals surface area contributed by atoms with Gasteiger partial charge in [-0.25, -0.2) is 9.97 Å². The summed E-state index contributed by atoms with van der Waals surface area (Å²) in [4.78, 5) is 9.10. The second-order valence-electron chi connectivity index (χ2n) is 4.10. The first-order chi connectivity index (χ1) is 9.60. The highest BCUT2D eigenvalue weighted by molar-refractivity contribution is 9.10. The molecular weight excluding hydrogens is 342 g/mol. The number of rotatable bonds is 4. The van der Waals surface area contributed by atoms with Crippen LogP contribution in [0.2, 0.25) is 5.02 Å². The third-order valence-corrected chi connectivity index (χ3v) is 3.96. The highest BCUT2D eigenvalue weighted by atomic mass is 79.9. The summed E-state index contributed by atoms with van der Waals surface area (Å²) in [5.41, 5.74) is 1.76. The monoisotopic (exact) mass is 355 g/mol. The van der Waals surface area contributed by atoms with Gasteiger partial charge in [-0.2, -0.15) is 0 Å². The molecule has 1 aromatic heterocycles. The zero-order valence-corrected chi connectivity index (χ0v) is 13.8. The number of hydrogen-bond donors (Lipinski definition) is 1. The van der Waals surface area contributed by atoms with E-state index in [1.54, 1.807) is 19.2 Å². The lowest BCUT2D eigenvalue weighted by Gasteiger charge is -2.12. The maximum absolute atomic E-state index is 5.98. The second-order valence-corrected chi connectivity index (χ2v) is 5.33. The lowest BCUT2D eigenvalue weighted by Crippen LogP contribution is -2.03. The molecule has 0 saturated heterocycles. The summed E-state index contributed by atoms with van der Waals surface area (Å²) >= 11 is 9.50. The van der Waals surface area contributed by atoms with Crippen molar-refractivity contribution < 1.29 is 4.74 Å². The van der Waals surface area contributed by atoms with Crippen LogP contribution in [0, 0.1) is 0 Å². The van der Waals surface area contributed by atoms with E-state index in [9.17, 15) is 0 Å². The number of aromatic nitrogens is 2. The third kappa shape index (κ3) is 2.88. The molecule has 6 heteroatoms. The molecule has 0 saturated carbocycles. The Balaban J connectivity index is 2.63. The first kappa shape index (κ1) is 15.1. The average molecular weight is 357 g/mol. The summed E-state index contributed by atoms with van der Waals surface area (Å²) in [6, 6.07) is 5.42. The Morgan fingerprint density at radius 1 is 1.35 bits per heavy atom. The van der Waals surface area contributed by atoms with Crippen molar-refractivity contribution in [1.29, 1.82) is 0 Å². The van der Waals surface area contributed by atoms with Crippen molar-refractivity contribution in [2.24, 2.45) is 0 Å². The van der Waals surface area contributed by atoms with Crippen LogP contribution in [0.1, 0.15) is 12.6 Å². The van der Waals surface area contributed by atoms with E-state index in [0.29, 0.717) is 16.6 Å². The van der Waals surface area contributed by atoms with Crippen molar-refractivity contribution in [2.75, 3.05) is 19.5 Å². The topological polar surface area (TPSA) is 47.0 Å². The molecule has 0 spiro atoms. The van der Waals surface area contributed by atoms with Gasteiger partial charge in [0.1, 0.15) is 11.6 Å². The Labute approximate surface area is 131 Å². The summed E-state index contributed by atoms with van der Waals surface area (Å²) < 4.78 is 6.25. The van der Waals surface area contributed by atoms with E-state index in [2.05, 4.69) is 38.1 Å². The fraction of sp³-hybridized carbons (Fsp3) is 0.286. The van der Waals surface area contributed by atoms with Crippen LogP contribution in [0.25, 0.3) is 11.4 Å². The van der Waals surface area contributed by atoms with Crippen molar-refractivity contribution in [3.63, 3.8) is 0 Å². The van der Waals surface area contributed by atoms with Crippen molar-refractivity contribution in [1.82, 2.24) is 9.97 Å². The molecule has 106 valence electrons. The average Bonchev–Trinajstić information content (AvgIpc) is 2.47. The first-order valence-electron chi connectivity index (χ1n) is 6.18. The number of anilines is 1. The van der Waals surface area contributed by atoms with Gasteiger partial charge in [-0.3, -0.25) is 0 Å². The van der Waals surface area contributed by atoms with E-state index >= 15 is 0 Å². The number of nitrogens with zero attached hydrogens (tertiary/aromatic N) is 2. The smallest absolute Gasteiger partial charge is 0.165 e. The van der Waals surface area contributed by atoms with Crippen LogP contribution in [0.15, 0.2) is 22.7 Å². The maximum atomic E-state index is 5.98. The van der Waals surface area contributed by atoms with E-state index < -0.39 is 0 Å². The predicted molar refractivity (Wildman–Crippen MR) is 85.7 cm³/mol. The highest BCUT2D eigenvalue weighted by Gasteiger charge is 2.15. The number of aryl methyl sites for hydroxylation is 1. The Hall–Kier alpha value is -1.33. The number of halogens is 2. The van der Waals surface area contributed by atoms with Crippen molar-refractivity contribution in [3.8, 4) is 17.1 Å². The lowest BCUT2D eigenvalue weighted by atomic mass is 10.1. The second kappa shape index (κ2) is 6.41. The Kier molecular flexibility index (Phi) is 4.83.